The summed E-state index contributed by atoms with van der Waals surface area (Å²) < 4.78 is 0. The molecule has 0 unspecified atom stereocenters. The highest BCUT2D eigenvalue weighted by Gasteiger charge is 2.26. The van der Waals surface area contributed by atoms with E-state index in [0.29, 0.717) is 18.8 Å². The Labute approximate surface area is 148 Å². The van der Waals surface area contributed by atoms with Crippen molar-refractivity contribution < 1.29 is 14.7 Å². The molecule has 5 heteroatoms. The van der Waals surface area contributed by atoms with Gasteiger partial charge < -0.3 is 15.0 Å². The topological polar surface area (TPSA) is 73.4 Å². The van der Waals surface area contributed by atoms with E-state index >= 15 is 0 Å². The molecule has 1 aromatic heterocycles. The van der Waals surface area contributed by atoms with Crippen LogP contribution in [-0.2, 0) is 10.2 Å². The summed E-state index contributed by atoms with van der Waals surface area (Å²) in [6.07, 6.45) is 1.71. The summed E-state index contributed by atoms with van der Waals surface area (Å²) in [6, 6.07) is 8.20. The summed E-state index contributed by atoms with van der Waals surface area (Å²) in [4.78, 5) is 28.7. The van der Waals surface area contributed by atoms with Gasteiger partial charge in [0.2, 0.25) is 0 Å². The molecule has 1 aliphatic rings. The summed E-state index contributed by atoms with van der Waals surface area (Å²) in [7, 11) is 0. The minimum Gasteiger partial charge on any atom is -0.481 e. The van der Waals surface area contributed by atoms with E-state index in [-0.39, 0.29) is 23.7 Å². The molecular weight excluding hydrogens is 316 g/mol. The Balaban J connectivity index is 1.73. The third-order valence-electron chi connectivity index (χ3n) is 5.08. The first-order chi connectivity index (χ1) is 11.7. The highest BCUT2D eigenvalue weighted by molar-refractivity contribution is 5.98. The zero-order chi connectivity index (χ0) is 18.2. The van der Waals surface area contributed by atoms with Crippen LogP contribution in [0.3, 0.4) is 0 Å². The van der Waals surface area contributed by atoms with Gasteiger partial charge in [-0.05, 0) is 41.9 Å². The summed E-state index contributed by atoms with van der Waals surface area (Å²) in [6.45, 7) is 7.76. The molecule has 0 atom stereocenters. The summed E-state index contributed by atoms with van der Waals surface area (Å²) in [5, 5.41) is 9.93. The lowest BCUT2D eigenvalue weighted by Gasteiger charge is -2.31. The van der Waals surface area contributed by atoms with Crippen molar-refractivity contribution in [3.8, 4) is 0 Å². The van der Waals surface area contributed by atoms with E-state index in [9.17, 15) is 9.59 Å². The molecule has 1 aliphatic heterocycles. The lowest BCUT2D eigenvalue weighted by atomic mass is 9.87. The Morgan fingerprint density at radius 2 is 1.88 bits per heavy atom. The zero-order valence-electron chi connectivity index (χ0n) is 15.1. The van der Waals surface area contributed by atoms with E-state index in [1.807, 2.05) is 11.0 Å². The molecule has 1 saturated heterocycles. The van der Waals surface area contributed by atoms with Crippen LogP contribution in [0.15, 0.2) is 24.3 Å². The number of likely N-dealkylation sites (tertiary alicyclic amines) is 1. The molecule has 0 saturated carbocycles. The van der Waals surface area contributed by atoms with E-state index in [1.165, 1.54) is 5.56 Å². The molecule has 25 heavy (non-hydrogen) atoms. The van der Waals surface area contributed by atoms with Crippen LogP contribution < -0.4 is 0 Å². The number of piperidine rings is 1. The standard InChI is InChI=1S/C20H26N2O3/c1-20(2,3)15-5-4-14-11-17(21-16(14)12-15)19(25)22-8-6-13(7-9-22)10-18(23)24/h4-5,11-13,21H,6-10H2,1-3H3,(H,23,24). The number of carboxylic acid groups (broad SMARTS) is 1. The maximum absolute atomic E-state index is 12.8. The highest BCUT2D eigenvalue weighted by atomic mass is 16.4. The Kier molecular flexibility index (Phi) is 4.58. The van der Waals surface area contributed by atoms with Crippen molar-refractivity contribution in [2.45, 2.75) is 45.4 Å². The first kappa shape index (κ1) is 17.5. The van der Waals surface area contributed by atoms with Crippen LogP contribution in [0.4, 0.5) is 0 Å². The monoisotopic (exact) mass is 342 g/mol. The van der Waals surface area contributed by atoms with Gasteiger partial charge in [-0.1, -0.05) is 32.9 Å². The number of nitrogens with zero attached hydrogens (tertiary/aromatic N) is 1. The second-order valence-corrected chi connectivity index (χ2v) is 8.07. The van der Waals surface area contributed by atoms with Crippen molar-refractivity contribution in [3.05, 3.63) is 35.5 Å². The number of nitrogens with one attached hydrogen (secondary N) is 1. The quantitative estimate of drug-likeness (QED) is 0.891. The predicted octanol–water partition coefficient (Wildman–Crippen LogP) is 3.79. The SMILES string of the molecule is CC(C)(C)c1ccc2cc(C(=O)N3CCC(CC(=O)O)CC3)[nH]c2c1. The molecule has 1 fully saturated rings. The fourth-order valence-corrected chi connectivity index (χ4v) is 3.47. The average molecular weight is 342 g/mol. The number of aromatic amines is 1. The minimum atomic E-state index is -0.755. The molecule has 134 valence electrons. The number of amides is 1. The van der Waals surface area contributed by atoms with Gasteiger partial charge in [-0.25, -0.2) is 0 Å². The minimum absolute atomic E-state index is 0.00211. The number of rotatable bonds is 3. The Morgan fingerprint density at radius 3 is 2.48 bits per heavy atom. The first-order valence-electron chi connectivity index (χ1n) is 8.88. The van der Waals surface area contributed by atoms with Crippen molar-refractivity contribution in [1.29, 1.82) is 0 Å². The van der Waals surface area contributed by atoms with Gasteiger partial charge in [0.05, 0.1) is 0 Å². The zero-order valence-corrected chi connectivity index (χ0v) is 15.1. The molecule has 1 amide bonds. The average Bonchev–Trinajstić information content (AvgIpc) is 2.96. The van der Waals surface area contributed by atoms with Crippen LogP contribution >= 0.6 is 0 Å². The van der Waals surface area contributed by atoms with Crippen LogP contribution in [0.25, 0.3) is 10.9 Å². The van der Waals surface area contributed by atoms with E-state index in [1.54, 1.807) is 0 Å². The van der Waals surface area contributed by atoms with E-state index in [4.69, 9.17) is 5.11 Å². The fraction of sp³-hybridized carbons (Fsp3) is 0.500. The number of hydrogen-bond donors (Lipinski definition) is 2. The van der Waals surface area contributed by atoms with E-state index in [2.05, 4.69) is 44.0 Å². The van der Waals surface area contributed by atoms with Crippen LogP contribution in [-0.4, -0.2) is 40.0 Å². The largest absolute Gasteiger partial charge is 0.481 e. The van der Waals surface area contributed by atoms with Crippen molar-refractivity contribution in [1.82, 2.24) is 9.88 Å². The molecule has 2 N–H and O–H groups in total. The molecular formula is C20H26N2O3. The Hall–Kier alpha value is -2.30. The molecule has 2 heterocycles. The number of benzene rings is 1. The smallest absolute Gasteiger partial charge is 0.303 e. The van der Waals surface area contributed by atoms with Gasteiger partial charge in [0, 0.05) is 30.4 Å². The number of fused-ring (bicyclic) bond motifs is 1. The van der Waals surface area contributed by atoms with Crippen LogP contribution in [0.5, 0.6) is 0 Å². The van der Waals surface area contributed by atoms with Crippen LogP contribution in [0, 0.1) is 5.92 Å². The van der Waals surface area contributed by atoms with Gasteiger partial charge in [0.25, 0.3) is 5.91 Å². The number of aromatic nitrogens is 1. The lowest BCUT2D eigenvalue weighted by Crippen LogP contribution is -2.39. The number of carbonyl (C=O) groups is 2. The second-order valence-electron chi connectivity index (χ2n) is 8.07. The molecule has 0 radical (unpaired) electrons. The van der Waals surface area contributed by atoms with Crippen molar-refractivity contribution >= 4 is 22.8 Å². The molecule has 0 spiro atoms. The lowest BCUT2D eigenvalue weighted by molar-refractivity contribution is -0.138. The van der Waals surface area contributed by atoms with Gasteiger partial charge in [0.1, 0.15) is 5.69 Å². The molecule has 0 aliphatic carbocycles. The van der Waals surface area contributed by atoms with Gasteiger partial charge in [-0.2, -0.15) is 0 Å². The van der Waals surface area contributed by atoms with Gasteiger partial charge in [-0.3, -0.25) is 9.59 Å². The normalized spacial score (nSPS) is 16.4. The van der Waals surface area contributed by atoms with Gasteiger partial charge in [-0.15, -0.1) is 0 Å². The second kappa shape index (κ2) is 6.54. The fourth-order valence-electron chi connectivity index (χ4n) is 3.47. The molecule has 3 rings (SSSR count). The van der Waals surface area contributed by atoms with Gasteiger partial charge >= 0.3 is 5.97 Å². The third kappa shape index (κ3) is 3.86. The number of H-pyrrole nitrogens is 1. The predicted molar refractivity (Wildman–Crippen MR) is 97.9 cm³/mol. The molecule has 0 bridgehead atoms. The number of hydrogen-bond acceptors (Lipinski definition) is 2. The maximum Gasteiger partial charge on any atom is 0.303 e. The Bertz CT molecular complexity index is 793. The molecule has 1 aromatic carbocycles. The van der Waals surface area contributed by atoms with E-state index < -0.39 is 5.97 Å². The van der Waals surface area contributed by atoms with Crippen molar-refractivity contribution in [3.63, 3.8) is 0 Å². The maximum atomic E-state index is 12.8. The van der Waals surface area contributed by atoms with Crippen LogP contribution in [0.1, 0.15) is 56.1 Å². The van der Waals surface area contributed by atoms with Crippen LogP contribution in [0.2, 0.25) is 0 Å². The number of carbonyl (C=O) groups excluding carboxylic acids is 1. The van der Waals surface area contributed by atoms with Crippen molar-refractivity contribution in [2.24, 2.45) is 5.92 Å². The number of aliphatic carboxylic acids is 1. The van der Waals surface area contributed by atoms with Crippen molar-refractivity contribution in [2.75, 3.05) is 13.1 Å². The van der Waals surface area contributed by atoms with Gasteiger partial charge in [0.15, 0.2) is 0 Å². The summed E-state index contributed by atoms with van der Waals surface area (Å²) in [5.41, 5.74) is 2.89. The third-order valence-corrected chi connectivity index (χ3v) is 5.08. The number of carboxylic acids is 1. The Morgan fingerprint density at radius 1 is 1.20 bits per heavy atom. The molecule has 5 nitrogen and oxygen atoms in total. The summed E-state index contributed by atoms with van der Waals surface area (Å²) >= 11 is 0. The highest BCUT2D eigenvalue weighted by Crippen LogP contribution is 2.27. The molecule has 2 aromatic rings. The first-order valence-corrected chi connectivity index (χ1v) is 8.88. The summed E-state index contributed by atoms with van der Waals surface area (Å²) in [5.74, 6) is -0.573. The van der Waals surface area contributed by atoms with E-state index in [0.717, 1.165) is 23.7 Å².